The van der Waals surface area contributed by atoms with E-state index in [9.17, 15) is 4.79 Å². The summed E-state index contributed by atoms with van der Waals surface area (Å²) in [6.07, 6.45) is 1.98. The highest BCUT2D eigenvalue weighted by Gasteiger charge is 2.23. The van der Waals surface area contributed by atoms with E-state index in [-0.39, 0.29) is 12.5 Å². The average molecular weight is 353 g/mol. The second-order valence-electron chi connectivity index (χ2n) is 6.93. The van der Waals surface area contributed by atoms with E-state index in [1.54, 1.807) is 0 Å². The Morgan fingerprint density at radius 3 is 2.42 bits per heavy atom. The second kappa shape index (κ2) is 9.39. The van der Waals surface area contributed by atoms with Crippen LogP contribution < -0.4 is 4.74 Å². The van der Waals surface area contributed by atoms with E-state index in [4.69, 9.17) is 9.47 Å². The molecule has 0 radical (unpaired) electrons. The molecule has 1 saturated heterocycles. The van der Waals surface area contributed by atoms with Crippen molar-refractivity contribution in [3.05, 3.63) is 65.7 Å². The molecule has 1 aliphatic heterocycles. The monoisotopic (exact) mass is 353 g/mol. The number of likely N-dealkylation sites (tertiary alicyclic amines) is 1. The van der Waals surface area contributed by atoms with Crippen LogP contribution in [0.25, 0.3) is 0 Å². The summed E-state index contributed by atoms with van der Waals surface area (Å²) >= 11 is 0. The highest BCUT2D eigenvalue weighted by Crippen LogP contribution is 2.19. The number of piperidine rings is 1. The minimum atomic E-state index is 0.0641. The highest BCUT2D eigenvalue weighted by atomic mass is 16.5. The summed E-state index contributed by atoms with van der Waals surface area (Å²) < 4.78 is 11.4. The molecule has 4 heteroatoms. The van der Waals surface area contributed by atoms with Gasteiger partial charge >= 0.3 is 0 Å². The van der Waals surface area contributed by atoms with E-state index in [0.717, 1.165) is 38.3 Å². The van der Waals surface area contributed by atoms with Crippen molar-refractivity contribution in [1.29, 1.82) is 0 Å². The predicted molar refractivity (Wildman–Crippen MR) is 102 cm³/mol. The van der Waals surface area contributed by atoms with Gasteiger partial charge in [0.05, 0.1) is 6.61 Å². The largest absolute Gasteiger partial charge is 0.484 e. The number of nitrogens with zero attached hydrogens (tertiary/aromatic N) is 1. The normalized spacial score (nSPS) is 15.0. The standard InChI is InChI=1S/C22H27NO3/c1-18-7-9-21(10-8-18)26-17-22(24)23-13-11-20(12-14-23)16-25-15-19-5-3-2-4-6-19/h2-10,20H,11-17H2,1H3. The fraction of sp³-hybridized carbons (Fsp3) is 0.409. The third-order valence-electron chi connectivity index (χ3n) is 4.82. The van der Waals surface area contributed by atoms with Crippen LogP contribution in [0.5, 0.6) is 5.75 Å². The van der Waals surface area contributed by atoms with Gasteiger partial charge in [-0.05, 0) is 43.4 Å². The van der Waals surface area contributed by atoms with E-state index in [2.05, 4.69) is 12.1 Å². The van der Waals surface area contributed by atoms with Crippen LogP contribution in [0.15, 0.2) is 54.6 Å². The number of amides is 1. The summed E-state index contributed by atoms with van der Waals surface area (Å²) in [5.74, 6) is 1.34. The van der Waals surface area contributed by atoms with Gasteiger partial charge in [0.1, 0.15) is 5.75 Å². The van der Waals surface area contributed by atoms with Gasteiger partial charge in [-0.2, -0.15) is 0 Å². The van der Waals surface area contributed by atoms with Crippen LogP contribution in [-0.2, 0) is 16.1 Å². The molecule has 138 valence electrons. The van der Waals surface area contributed by atoms with E-state index in [1.807, 2.05) is 54.3 Å². The Bertz CT molecular complexity index is 676. The third kappa shape index (κ3) is 5.60. The van der Waals surface area contributed by atoms with Crippen LogP contribution in [-0.4, -0.2) is 37.1 Å². The number of rotatable bonds is 7. The smallest absolute Gasteiger partial charge is 0.260 e. The lowest BCUT2D eigenvalue weighted by Gasteiger charge is -2.31. The summed E-state index contributed by atoms with van der Waals surface area (Å²) in [5, 5.41) is 0. The van der Waals surface area contributed by atoms with Crippen LogP contribution in [0.2, 0.25) is 0 Å². The zero-order valence-corrected chi connectivity index (χ0v) is 15.4. The van der Waals surface area contributed by atoms with Crippen LogP contribution in [0.3, 0.4) is 0 Å². The number of hydrogen-bond acceptors (Lipinski definition) is 3. The number of ether oxygens (including phenoxy) is 2. The molecule has 1 aliphatic rings. The summed E-state index contributed by atoms with van der Waals surface area (Å²) in [6, 6.07) is 18.0. The summed E-state index contributed by atoms with van der Waals surface area (Å²) in [5.41, 5.74) is 2.38. The van der Waals surface area contributed by atoms with Crippen molar-refractivity contribution in [1.82, 2.24) is 4.90 Å². The summed E-state index contributed by atoms with van der Waals surface area (Å²) in [7, 11) is 0. The molecule has 3 rings (SSSR count). The first kappa shape index (κ1) is 18.5. The van der Waals surface area contributed by atoms with Crippen molar-refractivity contribution < 1.29 is 14.3 Å². The molecule has 0 saturated carbocycles. The molecular formula is C22H27NO3. The molecule has 0 aliphatic carbocycles. The predicted octanol–water partition coefficient (Wildman–Crippen LogP) is 3.83. The van der Waals surface area contributed by atoms with Crippen LogP contribution >= 0.6 is 0 Å². The van der Waals surface area contributed by atoms with Gasteiger partial charge in [0, 0.05) is 19.7 Å². The fourth-order valence-electron chi connectivity index (χ4n) is 3.14. The van der Waals surface area contributed by atoms with Crippen molar-refractivity contribution in [2.75, 3.05) is 26.3 Å². The minimum Gasteiger partial charge on any atom is -0.484 e. The lowest BCUT2D eigenvalue weighted by Crippen LogP contribution is -2.41. The maximum atomic E-state index is 12.3. The van der Waals surface area contributed by atoms with E-state index >= 15 is 0 Å². The quantitative estimate of drug-likeness (QED) is 0.759. The molecule has 0 unspecified atom stereocenters. The Morgan fingerprint density at radius 2 is 1.73 bits per heavy atom. The molecule has 4 nitrogen and oxygen atoms in total. The van der Waals surface area contributed by atoms with Crippen LogP contribution in [0.4, 0.5) is 0 Å². The number of aryl methyl sites for hydroxylation is 1. The minimum absolute atomic E-state index is 0.0641. The molecule has 1 heterocycles. The van der Waals surface area contributed by atoms with Gasteiger partial charge in [-0.25, -0.2) is 0 Å². The molecule has 1 amide bonds. The van der Waals surface area contributed by atoms with Gasteiger partial charge in [0.25, 0.3) is 5.91 Å². The fourth-order valence-corrected chi connectivity index (χ4v) is 3.14. The van der Waals surface area contributed by atoms with Crippen molar-refractivity contribution in [2.45, 2.75) is 26.4 Å². The van der Waals surface area contributed by atoms with Crippen molar-refractivity contribution in [3.8, 4) is 5.75 Å². The van der Waals surface area contributed by atoms with Gasteiger partial charge in [0.2, 0.25) is 0 Å². The van der Waals surface area contributed by atoms with Gasteiger partial charge in [0.15, 0.2) is 6.61 Å². The SMILES string of the molecule is Cc1ccc(OCC(=O)N2CCC(COCc3ccccc3)CC2)cc1. The maximum Gasteiger partial charge on any atom is 0.260 e. The van der Waals surface area contributed by atoms with Gasteiger partial charge in [-0.3, -0.25) is 4.79 Å². The summed E-state index contributed by atoms with van der Waals surface area (Å²) in [6.45, 7) is 5.13. The number of hydrogen-bond donors (Lipinski definition) is 0. The Labute approximate surface area is 155 Å². The topological polar surface area (TPSA) is 38.8 Å². The Balaban J connectivity index is 1.33. The maximum absolute atomic E-state index is 12.3. The number of carbonyl (C=O) groups is 1. The molecule has 2 aromatic carbocycles. The second-order valence-corrected chi connectivity index (χ2v) is 6.93. The zero-order chi connectivity index (χ0) is 18.2. The molecule has 26 heavy (non-hydrogen) atoms. The van der Waals surface area contributed by atoms with Crippen LogP contribution in [0, 0.1) is 12.8 Å². The molecule has 0 aromatic heterocycles. The van der Waals surface area contributed by atoms with Gasteiger partial charge in [-0.1, -0.05) is 48.0 Å². The first-order valence-corrected chi connectivity index (χ1v) is 9.29. The molecule has 0 N–H and O–H groups in total. The summed E-state index contributed by atoms with van der Waals surface area (Å²) in [4.78, 5) is 14.2. The number of carbonyl (C=O) groups excluding carboxylic acids is 1. The molecule has 0 spiro atoms. The van der Waals surface area contributed by atoms with E-state index in [0.29, 0.717) is 12.5 Å². The van der Waals surface area contributed by atoms with E-state index < -0.39 is 0 Å². The van der Waals surface area contributed by atoms with E-state index in [1.165, 1.54) is 11.1 Å². The van der Waals surface area contributed by atoms with Crippen molar-refractivity contribution >= 4 is 5.91 Å². The van der Waals surface area contributed by atoms with Crippen molar-refractivity contribution in [2.24, 2.45) is 5.92 Å². The highest BCUT2D eigenvalue weighted by molar-refractivity contribution is 5.77. The Morgan fingerprint density at radius 1 is 1.04 bits per heavy atom. The lowest BCUT2D eigenvalue weighted by atomic mass is 9.98. The third-order valence-corrected chi connectivity index (χ3v) is 4.82. The first-order valence-electron chi connectivity index (χ1n) is 9.29. The Hall–Kier alpha value is -2.33. The van der Waals surface area contributed by atoms with Gasteiger partial charge < -0.3 is 14.4 Å². The molecule has 0 bridgehead atoms. The zero-order valence-electron chi connectivity index (χ0n) is 15.4. The first-order chi connectivity index (χ1) is 12.7. The van der Waals surface area contributed by atoms with Crippen molar-refractivity contribution in [3.63, 3.8) is 0 Å². The average Bonchev–Trinajstić information content (AvgIpc) is 2.69. The molecular weight excluding hydrogens is 326 g/mol. The molecule has 2 aromatic rings. The van der Waals surface area contributed by atoms with Gasteiger partial charge in [-0.15, -0.1) is 0 Å². The lowest BCUT2D eigenvalue weighted by molar-refractivity contribution is -0.135. The number of benzene rings is 2. The Kier molecular flexibility index (Phi) is 6.67. The molecule has 0 atom stereocenters. The van der Waals surface area contributed by atoms with Crippen LogP contribution in [0.1, 0.15) is 24.0 Å². The molecule has 1 fully saturated rings.